The average Bonchev–Trinajstić information content (AvgIpc) is 2.70. The predicted octanol–water partition coefficient (Wildman–Crippen LogP) is 3.16. The lowest BCUT2D eigenvalue weighted by Gasteiger charge is -2.18. The molecule has 0 bridgehead atoms. The van der Waals surface area contributed by atoms with E-state index in [0.717, 1.165) is 17.9 Å². The molecule has 0 fully saturated rings. The Labute approximate surface area is 113 Å². The highest BCUT2D eigenvalue weighted by molar-refractivity contribution is 5.56. The minimum absolute atomic E-state index is 0.183. The number of hydrogen-bond acceptors (Lipinski definition) is 3. The van der Waals surface area contributed by atoms with Crippen molar-refractivity contribution in [1.29, 1.82) is 5.26 Å². The number of nitriles is 1. The van der Waals surface area contributed by atoms with E-state index in [1.54, 1.807) is 4.68 Å². The topological polar surface area (TPSA) is 53.6 Å². The molecule has 2 rings (SSSR count). The Morgan fingerprint density at radius 3 is 2.63 bits per heavy atom. The number of rotatable bonds is 4. The molecular formula is C15H18N4. The second-order valence-corrected chi connectivity index (χ2v) is 4.56. The van der Waals surface area contributed by atoms with Crippen molar-refractivity contribution in [2.24, 2.45) is 7.05 Å². The van der Waals surface area contributed by atoms with Gasteiger partial charge < -0.3 is 5.32 Å². The molecule has 0 aliphatic heterocycles. The second-order valence-electron chi connectivity index (χ2n) is 4.56. The van der Waals surface area contributed by atoms with E-state index >= 15 is 0 Å². The van der Waals surface area contributed by atoms with E-state index in [2.05, 4.69) is 35.5 Å². The molecule has 98 valence electrons. The summed E-state index contributed by atoms with van der Waals surface area (Å²) in [6.07, 6.45) is 0.944. The highest BCUT2D eigenvalue weighted by Crippen LogP contribution is 2.25. The van der Waals surface area contributed by atoms with Crippen LogP contribution in [0.15, 0.2) is 30.3 Å². The van der Waals surface area contributed by atoms with Crippen molar-refractivity contribution >= 4 is 5.82 Å². The Kier molecular flexibility index (Phi) is 3.86. The monoisotopic (exact) mass is 254 g/mol. The minimum Gasteiger partial charge on any atom is -0.362 e. The van der Waals surface area contributed by atoms with Crippen LogP contribution in [0.4, 0.5) is 5.82 Å². The zero-order valence-electron chi connectivity index (χ0n) is 11.5. The third-order valence-corrected chi connectivity index (χ3v) is 3.26. The summed E-state index contributed by atoms with van der Waals surface area (Å²) in [5, 5.41) is 17.0. The number of nitrogens with one attached hydrogen (secondary N) is 1. The van der Waals surface area contributed by atoms with Crippen molar-refractivity contribution in [3.05, 3.63) is 47.2 Å². The average molecular weight is 254 g/mol. The van der Waals surface area contributed by atoms with Gasteiger partial charge in [0.05, 0.1) is 11.7 Å². The predicted molar refractivity (Wildman–Crippen MR) is 75.8 cm³/mol. The fourth-order valence-corrected chi connectivity index (χ4v) is 2.23. The Balaban J connectivity index is 2.32. The number of nitrogens with zero attached hydrogens (tertiary/aromatic N) is 3. The first kappa shape index (κ1) is 13.2. The molecule has 0 spiro atoms. The van der Waals surface area contributed by atoms with Gasteiger partial charge in [0.25, 0.3) is 0 Å². The standard InChI is InChI=1S/C15H18N4/c1-4-14(12-8-6-5-7-9-12)17-15-13(10-16)11(2)18-19(15)3/h5-9,14,17H,4H2,1-3H3. The molecule has 1 unspecified atom stereocenters. The summed E-state index contributed by atoms with van der Waals surface area (Å²) in [5.41, 5.74) is 2.60. The van der Waals surface area contributed by atoms with Crippen LogP contribution in [0, 0.1) is 18.3 Å². The van der Waals surface area contributed by atoms with Crippen molar-refractivity contribution in [2.75, 3.05) is 5.32 Å². The van der Waals surface area contributed by atoms with Gasteiger partial charge in [-0.25, -0.2) is 0 Å². The van der Waals surface area contributed by atoms with Gasteiger partial charge in [0.2, 0.25) is 0 Å². The first-order valence-corrected chi connectivity index (χ1v) is 6.42. The first-order valence-electron chi connectivity index (χ1n) is 6.42. The molecule has 4 nitrogen and oxygen atoms in total. The number of hydrogen-bond donors (Lipinski definition) is 1. The largest absolute Gasteiger partial charge is 0.362 e. The molecule has 1 aromatic heterocycles. The molecule has 1 N–H and O–H groups in total. The van der Waals surface area contributed by atoms with Gasteiger partial charge >= 0.3 is 0 Å². The maximum atomic E-state index is 9.23. The molecule has 1 heterocycles. The normalized spacial score (nSPS) is 11.9. The summed E-state index contributed by atoms with van der Waals surface area (Å²) in [4.78, 5) is 0. The zero-order chi connectivity index (χ0) is 13.8. The summed E-state index contributed by atoms with van der Waals surface area (Å²) in [6, 6.07) is 12.6. The fraction of sp³-hybridized carbons (Fsp3) is 0.333. The Morgan fingerprint density at radius 1 is 1.37 bits per heavy atom. The minimum atomic E-state index is 0.183. The van der Waals surface area contributed by atoms with Gasteiger partial charge in [-0.05, 0) is 18.9 Å². The van der Waals surface area contributed by atoms with Crippen molar-refractivity contribution in [1.82, 2.24) is 9.78 Å². The first-order chi connectivity index (χ1) is 9.17. The third-order valence-electron chi connectivity index (χ3n) is 3.26. The highest BCUT2D eigenvalue weighted by Gasteiger charge is 2.16. The van der Waals surface area contributed by atoms with Gasteiger partial charge in [0, 0.05) is 7.05 Å². The van der Waals surface area contributed by atoms with E-state index in [1.165, 1.54) is 5.56 Å². The molecule has 0 radical (unpaired) electrons. The third kappa shape index (κ3) is 2.60. The van der Waals surface area contributed by atoms with Crippen LogP contribution in [0.3, 0.4) is 0 Å². The van der Waals surface area contributed by atoms with Gasteiger partial charge in [-0.1, -0.05) is 37.3 Å². The molecule has 0 aliphatic rings. The number of aryl methyl sites for hydroxylation is 2. The van der Waals surface area contributed by atoms with Crippen LogP contribution in [0.5, 0.6) is 0 Å². The van der Waals surface area contributed by atoms with E-state index in [-0.39, 0.29) is 6.04 Å². The summed E-state index contributed by atoms with van der Waals surface area (Å²) >= 11 is 0. The van der Waals surface area contributed by atoms with Crippen LogP contribution in [-0.2, 0) is 7.05 Å². The molecule has 19 heavy (non-hydrogen) atoms. The van der Waals surface area contributed by atoms with Crippen molar-refractivity contribution in [2.45, 2.75) is 26.3 Å². The van der Waals surface area contributed by atoms with Crippen LogP contribution in [-0.4, -0.2) is 9.78 Å². The van der Waals surface area contributed by atoms with Crippen molar-refractivity contribution < 1.29 is 0 Å². The van der Waals surface area contributed by atoms with Gasteiger partial charge in [-0.2, -0.15) is 10.4 Å². The maximum Gasteiger partial charge on any atom is 0.142 e. The van der Waals surface area contributed by atoms with Crippen LogP contribution < -0.4 is 5.32 Å². The number of benzene rings is 1. The number of aromatic nitrogens is 2. The van der Waals surface area contributed by atoms with E-state index < -0.39 is 0 Å². The van der Waals surface area contributed by atoms with Crippen LogP contribution in [0.1, 0.15) is 36.2 Å². The van der Waals surface area contributed by atoms with Crippen molar-refractivity contribution in [3.63, 3.8) is 0 Å². The Hall–Kier alpha value is -2.28. The lowest BCUT2D eigenvalue weighted by molar-refractivity contribution is 0.705. The van der Waals surface area contributed by atoms with Crippen LogP contribution >= 0.6 is 0 Å². The summed E-state index contributed by atoms with van der Waals surface area (Å²) in [5.74, 6) is 0.788. The lowest BCUT2D eigenvalue weighted by Crippen LogP contribution is -2.13. The Morgan fingerprint density at radius 2 is 2.05 bits per heavy atom. The molecule has 0 saturated heterocycles. The quantitative estimate of drug-likeness (QED) is 0.911. The molecule has 1 atom stereocenters. The van der Waals surface area contributed by atoms with E-state index in [4.69, 9.17) is 0 Å². The molecule has 1 aromatic carbocycles. The van der Waals surface area contributed by atoms with Gasteiger partial charge in [-0.15, -0.1) is 0 Å². The summed E-state index contributed by atoms with van der Waals surface area (Å²) in [6.45, 7) is 3.98. The molecular weight excluding hydrogens is 236 g/mol. The van der Waals surface area contributed by atoms with Gasteiger partial charge in [0.15, 0.2) is 0 Å². The van der Waals surface area contributed by atoms with Gasteiger partial charge in [-0.3, -0.25) is 4.68 Å². The fourth-order valence-electron chi connectivity index (χ4n) is 2.23. The summed E-state index contributed by atoms with van der Waals surface area (Å²) in [7, 11) is 1.86. The molecule has 0 aliphatic carbocycles. The van der Waals surface area contributed by atoms with Crippen molar-refractivity contribution in [3.8, 4) is 6.07 Å². The van der Waals surface area contributed by atoms with E-state index in [9.17, 15) is 5.26 Å². The van der Waals surface area contributed by atoms with E-state index in [0.29, 0.717) is 5.56 Å². The van der Waals surface area contributed by atoms with Gasteiger partial charge in [0.1, 0.15) is 17.5 Å². The molecule has 4 heteroatoms. The molecule has 0 saturated carbocycles. The summed E-state index contributed by atoms with van der Waals surface area (Å²) < 4.78 is 1.74. The highest BCUT2D eigenvalue weighted by atomic mass is 15.3. The lowest BCUT2D eigenvalue weighted by atomic mass is 10.0. The van der Waals surface area contributed by atoms with Crippen LogP contribution in [0.25, 0.3) is 0 Å². The molecule has 0 amide bonds. The maximum absolute atomic E-state index is 9.23. The smallest absolute Gasteiger partial charge is 0.142 e. The SMILES string of the molecule is CCC(Nc1c(C#N)c(C)nn1C)c1ccccc1. The Bertz CT molecular complexity index is 593. The number of anilines is 1. The zero-order valence-corrected chi connectivity index (χ0v) is 11.5. The van der Waals surface area contributed by atoms with Crippen LogP contribution in [0.2, 0.25) is 0 Å². The second kappa shape index (κ2) is 5.57. The van der Waals surface area contributed by atoms with E-state index in [1.807, 2.05) is 32.2 Å². The molecule has 2 aromatic rings.